The zero-order valence-corrected chi connectivity index (χ0v) is 13.1. The minimum Gasteiger partial charge on any atom is -0.330 e. The molecule has 0 radical (unpaired) electrons. The van der Waals surface area contributed by atoms with Gasteiger partial charge in [-0.25, -0.2) is 0 Å². The van der Waals surface area contributed by atoms with E-state index in [1.165, 1.54) is 22.3 Å². The highest BCUT2D eigenvalue weighted by molar-refractivity contribution is 9.10. The largest absolute Gasteiger partial charge is 0.330 e. The molecule has 19 heavy (non-hydrogen) atoms. The Labute approximate surface area is 124 Å². The van der Waals surface area contributed by atoms with Gasteiger partial charge in [-0.2, -0.15) is 0 Å². The van der Waals surface area contributed by atoms with Gasteiger partial charge < -0.3 is 5.73 Å². The van der Waals surface area contributed by atoms with Gasteiger partial charge in [0.2, 0.25) is 0 Å². The molecule has 2 aromatic rings. The van der Waals surface area contributed by atoms with Gasteiger partial charge in [-0.1, -0.05) is 52.3 Å². The summed E-state index contributed by atoms with van der Waals surface area (Å²) in [5, 5.41) is 0. The molecule has 0 heterocycles. The molecule has 0 aromatic heterocycles. The summed E-state index contributed by atoms with van der Waals surface area (Å²) < 4.78 is 1.16. The second-order valence-electron chi connectivity index (χ2n) is 5.07. The van der Waals surface area contributed by atoms with Crippen LogP contribution in [0.4, 0.5) is 0 Å². The molecular formula is C17H20BrN. The van der Waals surface area contributed by atoms with Crippen molar-refractivity contribution in [1.82, 2.24) is 0 Å². The monoisotopic (exact) mass is 317 g/mol. The van der Waals surface area contributed by atoms with Crippen molar-refractivity contribution in [2.45, 2.75) is 26.2 Å². The van der Waals surface area contributed by atoms with Crippen molar-refractivity contribution in [3.63, 3.8) is 0 Å². The lowest BCUT2D eigenvalue weighted by Gasteiger charge is -2.17. The lowest BCUT2D eigenvalue weighted by Crippen LogP contribution is -2.15. The molecule has 0 fully saturated rings. The highest BCUT2D eigenvalue weighted by atomic mass is 79.9. The molecule has 0 aliphatic carbocycles. The third-order valence-electron chi connectivity index (χ3n) is 3.71. The number of hydrogen-bond acceptors (Lipinski definition) is 1. The molecular weight excluding hydrogens is 298 g/mol. The number of halogens is 1. The van der Waals surface area contributed by atoms with E-state index < -0.39 is 0 Å². The van der Waals surface area contributed by atoms with Gasteiger partial charge in [0.25, 0.3) is 0 Å². The Hall–Kier alpha value is -1.12. The smallest absolute Gasteiger partial charge is 0.0207 e. The van der Waals surface area contributed by atoms with Crippen LogP contribution in [0.5, 0.6) is 0 Å². The minimum absolute atomic E-state index is 0.373. The molecule has 0 amide bonds. The van der Waals surface area contributed by atoms with E-state index in [9.17, 15) is 0 Å². The molecule has 0 bridgehead atoms. The summed E-state index contributed by atoms with van der Waals surface area (Å²) in [4.78, 5) is 0. The average Bonchev–Trinajstić information content (AvgIpc) is 2.41. The minimum atomic E-state index is 0.373. The zero-order valence-electron chi connectivity index (χ0n) is 11.5. The van der Waals surface area contributed by atoms with Crippen LogP contribution in [0.15, 0.2) is 46.9 Å². The molecule has 0 aliphatic rings. The van der Waals surface area contributed by atoms with Crippen LogP contribution in [0, 0.1) is 13.8 Å². The summed E-state index contributed by atoms with van der Waals surface area (Å²) in [6.45, 7) is 4.97. The molecule has 100 valence electrons. The van der Waals surface area contributed by atoms with E-state index in [1.54, 1.807) is 0 Å². The quantitative estimate of drug-likeness (QED) is 0.891. The summed E-state index contributed by atoms with van der Waals surface area (Å²) in [6.07, 6.45) is 0.973. The number of rotatable bonds is 4. The molecule has 0 saturated carbocycles. The molecule has 1 nitrogen and oxygen atoms in total. The molecule has 0 saturated heterocycles. The highest BCUT2D eigenvalue weighted by Gasteiger charge is 2.12. The third-order valence-corrected chi connectivity index (χ3v) is 4.48. The Balaban J connectivity index is 2.25. The maximum absolute atomic E-state index is 5.98. The van der Waals surface area contributed by atoms with Crippen LogP contribution in [-0.4, -0.2) is 6.54 Å². The molecule has 2 N–H and O–H groups in total. The fraction of sp³-hybridized carbons (Fsp3) is 0.294. The van der Waals surface area contributed by atoms with Crippen molar-refractivity contribution < 1.29 is 0 Å². The Morgan fingerprint density at radius 3 is 2.42 bits per heavy atom. The summed E-state index contributed by atoms with van der Waals surface area (Å²) in [5.74, 6) is 0.373. The van der Waals surface area contributed by atoms with Crippen molar-refractivity contribution in [2.24, 2.45) is 5.73 Å². The van der Waals surface area contributed by atoms with Gasteiger partial charge in [0.05, 0.1) is 0 Å². The van der Waals surface area contributed by atoms with E-state index in [0.717, 1.165) is 10.9 Å². The van der Waals surface area contributed by atoms with Gasteiger partial charge in [-0.3, -0.25) is 0 Å². The van der Waals surface area contributed by atoms with Crippen LogP contribution < -0.4 is 5.73 Å². The molecule has 2 aromatic carbocycles. The Morgan fingerprint density at radius 2 is 1.79 bits per heavy atom. The number of nitrogens with two attached hydrogens (primary N) is 1. The summed E-state index contributed by atoms with van der Waals surface area (Å²) in [7, 11) is 0. The van der Waals surface area contributed by atoms with Crippen molar-refractivity contribution in [2.75, 3.05) is 6.54 Å². The topological polar surface area (TPSA) is 26.0 Å². The van der Waals surface area contributed by atoms with Crippen LogP contribution >= 0.6 is 15.9 Å². The van der Waals surface area contributed by atoms with Gasteiger partial charge in [0.15, 0.2) is 0 Å². The highest BCUT2D eigenvalue weighted by Crippen LogP contribution is 2.26. The standard InChI is InChI=1S/C17H20BrN/c1-12-7-8-14(9-13(12)2)16(11-19)10-15-5-3-4-6-17(15)18/h3-9,16H,10-11,19H2,1-2H3. The fourth-order valence-corrected chi connectivity index (χ4v) is 2.73. The maximum atomic E-state index is 5.98. The molecule has 1 unspecified atom stereocenters. The predicted molar refractivity (Wildman–Crippen MR) is 85.6 cm³/mol. The number of benzene rings is 2. The third kappa shape index (κ3) is 3.46. The number of hydrogen-bond donors (Lipinski definition) is 1. The van der Waals surface area contributed by atoms with E-state index in [1.807, 2.05) is 6.07 Å². The Morgan fingerprint density at radius 1 is 1.05 bits per heavy atom. The van der Waals surface area contributed by atoms with Crippen molar-refractivity contribution in [1.29, 1.82) is 0 Å². The Kier molecular flexibility index (Phi) is 4.78. The SMILES string of the molecule is Cc1ccc(C(CN)Cc2ccccc2Br)cc1C. The lowest BCUT2D eigenvalue weighted by molar-refractivity contribution is 0.692. The molecule has 0 aliphatic heterocycles. The van der Waals surface area contributed by atoms with Crippen molar-refractivity contribution in [3.05, 3.63) is 69.2 Å². The normalized spacial score (nSPS) is 12.4. The van der Waals surface area contributed by atoms with Gasteiger partial charge in [0, 0.05) is 10.4 Å². The van der Waals surface area contributed by atoms with Crippen LogP contribution in [-0.2, 0) is 6.42 Å². The molecule has 0 spiro atoms. The second-order valence-corrected chi connectivity index (χ2v) is 5.93. The first-order valence-electron chi connectivity index (χ1n) is 6.62. The first-order chi connectivity index (χ1) is 9.11. The van der Waals surface area contributed by atoms with Crippen molar-refractivity contribution >= 4 is 15.9 Å². The molecule has 2 rings (SSSR count). The lowest BCUT2D eigenvalue weighted by atomic mass is 9.90. The van der Waals surface area contributed by atoms with E-state index in [2.05, 4.69) is 66.2 Å². The summed E-state index contributed by atoms with van der Waals surface area (Å²) in [5.41, 5.74) is 11.3. The van der Waals surface area contributed by atoms with Crippen LogP contribution in [0.25, 0.3) is 0 Å². The van der Waals surface area contributed by atoms with Crippen molar-refractivity contribution in [3.8, 4) is 0 Å². The van der Waals surface area contributed by atoms with Gasteiger partial charge in [0.1, 0.15) is 0 Å². The number of aryl methyl sites for hydroxylation is 2. The zero-order chi connectivity index (χ0) is 13.8. The van der Waals surface area contributed by atoms with Gasteiger partial charge >= 0.3 is 0 Å². The first kappa shape index (κ1) is 14.3. The molecule has 2 heteroatoms. The Bertz CT molecular complexity index is 563. The van der Waals surface area contributed by atoms with Gasteiger partial charge in [-0.15, -0.1) is 0 Å². The average molecular weight is 318 g/mol. The maximum Gasteiger partial charge on any atom is 0.0207 e. The second kappa shape index (κ2) is 6.36. The summed E-state index contributed by atoms with van der Waals surface area (Å²) >= 11 is 3.61. The van der Waals surface area contributed by atoms with E-state index in [-0.39, 0.29) is 0 Å². The fourth-order valence-electron chi connectivity index (χ4n) is 2.29. The van der Waals surface area contributed by atoms with Crippen LogP contribution in [0.1, 0.15) is 28.2 Å². The predicted octanol–water partition coefficient (Wildman–Crippen LogP) is 4.35. The first-order valence-corrected chi connectivity index (χ1v) is 7.41. The summed E-state index contributed by atoms with van der Waals surface area (Å²) in [6, 6.07) is 15.0. The van der Waals surface area contributed by atoms with E-state index >= 15 is 0 Å². The van der Waals surface area contributed by atoms with Crippen LogP contribution in [0.2, 0.25) is 0 Å². The van der Waals surface area contributed by atoms with E-state index in [0.29, 0.717) is 12.5 Å². The van der Waals surface area contributed by atoms with Gasteiger partial charge in [-0.05, 0) is 55.1 Å². The van der Waals surface area contributed by atoms with Crippen LogP contribution in [0.3, 0.4) is 0 Å². The van der Waals surface area contributed by atoms with E-state index in [4.69, 9.17) is 5.73 Å². The molecule has 1 atom stereocenters.